The van der Waals surface area contributed by atoms with Gasteiger partial charge in [-0.05, 0) is 42.5 Å². The minimum Gasteiger partial charge on any atom is -0.439 e. The van der Waals surface area contributed by atoms with Gasteiger partial charge in [0.25, 0.3) is 5.56 Å². The summed E-state index contributed by atoms with van der Waals surface area (Å²) in [5, 5.41) is 0.653. The molecule has 3 aromatic rings. The number of aromatic amines is 2. The molecule has 1 aliphatic heterocycles. The highest BCUT2D eigenvalue weighted by molar-refractivity contribution is 7.71. The van der Waals surface area contributed by atoms with Crippen LogP contribution in [0.25, 0.3) is 0 Å². The minimum absolute atomic E-state index is 0.123. The third kappa shape index (κ3) is 4.10. The zero-order valence-electron chi connectivity index (χ0n) is 14.4. The zero-order chi connectivity index (χ0) is 18.8. The molecular formula is C19H17ClN4O2S. The summed E-state index contributed by atoms with van der Waals surface area (Å²) < 4.78 is 6.30. The van der Waals surface area contributed by atoms with Crippen molar-refractivity contribution in [2.45, 2.75) is 19.5 Å². The molecule has 0 fully saturated rings. The van der Waals surface area contributed by atoms with Crippen LogP contribution in [0, 0.1) is 4.77 Å². The number of hydrogen-bond acceptors (Lipinski definition) is 5. The van der Waals surface area contributed by atoms with E-state index in [-0.39, 0.29) is 5.56 Å². The summed E-state index contributed by atoms with van der Waals surface area (Å²) >= 11 is 11.0. The highest BCUT2D eigenvalue weighted by Crippen LogP contribution is 2.26. The lowest BCUT2D eigenvalue weighted by Gasteiger charge is -2.28. The molecule has 0 atom stereocenters. The van der Waals surface area contributed by atoms with Crippen LogP contribution in [0.3, 0.4) is 0 Å². The van der Waals surface area contributed by atoms with E-state index in [1.165, 1.54) is 0 Å². The predicted octanol–water partition coefficient (Wildman–Crippen LogP) is 3.83. The summed E-state index contributed by atoms with van der Waals surface area (Å²) in [5.41, 5.74) is 2.49. The van der Waals surface area contributed by atoms with E-state index in [2.05, 4.69) is 19.9 Å². The van der Waals surface area contributed by atoms with Gasteiger partial charge in [0.2, 0.25) is 5.88 Å². The number of benzene rings is 1. The van der Waals surface area contributed by atoms with Crippen molar-refractivity contribution in [2.75, 3.05) is 6.54 Å². The lowest BCUT2D eigenvalue weighted by atomic mass is 10.1. The summed E-state index contributed by atoms with van der Waals surface area (Å²) in [4.78, 5) is 24.5. The molecule has 0 unspecified atom stereocenters. The molecule has 2 N–H and O–H groups in total. The second kappa shape index (κ2) is 7.64. The quantitative estimate of drug-likeness (QED) is 0.651. The number of fused-ring (bicyclic) bond motifs is 1. The van der Waals surface area contributed by atoms with Crippen LogP contribution < -0.4 is 10.3 Å². The molecule has 0 saturated heterocycles. The number of rotatable bonds is 4. The van der Waals surface area contributed by atoms with E-state index in [1.54, 1.807) is 30.5 Å². The molecule has 0 radical (unpaired) electrons. The number of nitrogens with zero attached hydrogens (tertiary/aromatic N) is 2. The predicted molar refractivity (Wildman–Crippen MR) is 106 cm³/mol. The van der Waals surface area contributed by atoms with Crippen LogP contribution in [0.1, 0.15) is 16.8 Å². The van der Waals surface area contributed by atoms with Gasteiger partial charge in [-0.3, -0.25) is 14.7 Å². The van der Waals surface area contributed by atoms with E-state index in [0.29, 0.717) is 34.5 Å². The molecule has 8 heteroatoms. The Morgan fingerprint density at radius 1 is 1.22 bits per heavy atom. The van der Waals surface area contributed by atoms with Crippen molar-refractivity contribution < 1.29 is 4.74 Å². The van der Waals surface area contributed by atoms with Crippen molar-refractivity contribution in [1.29, 1.82) is 0 Å². The van der Waals surface area contributed by atoms with Gasteiger partial charge in [-0.2, -0.15) is 0 Å². The molecule has 1 aromatic carbocycles. The summed E-state index contributed by atoms with van der Waals surface area (Å²) in [6.45, 7) is 1.99. The molecule has 6 nitrogen and oxygen atoms in total. The maximum atomic E-state index is 12.2. The van der Waals surface area contributed by atoms with E-state index in [9.17, 15) is 4.79 Å². The van der Waals surface area contributed by atoms with Crippen molar-refractivity contribution in [3.05, 3.63) is 79.6 Å². The normalized spacial score (nSPS) is 14.0. The number of aromatic nitrogens is 3. The van der Waals surface area contributed by atoms with E-state index < -0.39 is 0 Å². The van der Waals surface area contributed by atoms with Gasteiger partial charge in [0.15, 0.2) is 4.77 Å². The average Bonchev–Trinajstić information content (AvgIpc) is 2.65. The van der Waals surface area contributed by atoms with E-state index in [4.69, 9.17) is 28.6 Å². The first-order valence-electron chi connectivity index (χ1n) is 8.52. The fourth-order valence-corrected chi connectivity index (χ4v) is 3.48. The molecular weight excluding hydrogens is 384 g/mol. The van der Waals surface area contributed by atoms with Gasteiger partial charge < -0.3 is 9.72 Å². The topological polar surface area (TPSA) is 74.0 Å². The van der Waals surface area contributed by atoms with Crippen LogP contribution >= 0.6 is 23.8 Å². The minimum atomic E-state index is -0.123. The van der Waals surface area contributed by atoms with Crippen LogP contribution in [0.2, 0.25) is 5.02 Å². The van der Waals surface area contributed by atoms with Crippen molar-refractivity contribution in [3.63, 3.8) is 0 Å². The molecule has 0 amide bonds. The monoisotopic (exact) mass is 400 g/mol. The van der Waals surface area contributed by atoms with Gasteiger partial charge in [0, 0.05) is 48.5 Å². The lowest BCUT2D eigenvalue weighted by Crippen LogP contribution is -2.35. The maximum absolute atomic E-state index is 12.2. The van der Waals surface area contributed by atoms with Crippen molar-refractivity contribution in [1.82, 2.24) is 19.9 Å². The largest absolute Gasteiger partial charge is 0.439 e. The van der Waals surface area contributed by atoms with Gasteiger partial charge in [0.1, 0.15) is 5.75 Å². The summed E-state index contributed by atoms with van der Waals surface area (Å²) in [6.07, 6.45) is 2.45. The average molecular weight is 401 g/mol. The van der Waals surface area contributed by atoms with Crippen LogP contribution in [0.5, 0.6) is 11.6 Å². The molecule has 0 spiro atoms. The number of pyridine rings is 1. The van der Waals surface area contributed by atoms with Gasteiger partial charge in [-0.25, -0.2) is 4.98 Å². The highest BCUT2D eigenvalue weighted by Gasteiger charge is 2.21. The Morgan fingerprint density at radius 3 is 2.85 bits per heavy atom. The second-order valence-electron chi connectivity index (χ2n) is 6.35. The SMILES string of the molecule is O=c1[nH]c(=S)[nH]c2c1CN(Cc1cccnc1Oc1ccc(Cl)cc1)CC2. The molecule has 1 aliphatic rings. The summed E-state index contributed by atoms with van der Waals surface area (Å²) in [7, 11) is 0. The molecule has 2 aromatic heterocycles. The van der Waals surface area contributed by atoms with E-state index in [0.717, 1.165) is 29.8 Å². The molecule has 4 rings (SSSR count). The fourth-order valence-electron chi connectivity index (χ4n) is 3.14. The standard InChI is InChI=1S/C19H17ClN4O2S/c20-13-3-5-14(6-4-13)26-18-12(2-1-8-21-18)10-24-9-7-16-15(11-24)17(25)23-19(27)22-16/h1-6,8H,7,9-11H2,(H2,22,23,25,27). The van der Waals surface area contributed by atoms with Crippen molar-refractivity contribution in [3.8, 4) is 11.6 Å². The number of nitrogens with one attached hydrogen (secondary N) is 2. The lowest BCUT2D eigenvalue weighted by molar-refractivity contribution is 0.238. The van der Waals surface area contributed by atoms with Gasteiger partial charge >= 0.3 is 0 Å². The first-order valence-corrected chi connectivity index (χ1v) is 9.31. The molecule has 138 valence electrons. The number of H-pyrrole nitrogens is 2. The van der Waals surface area contributed by atoms with Crippen molar-refractivity contribution >= 4 is 23.8 Å². The van der Waals surface area contributed by atoms with Crippen LogP contribution in [0.15, 0.2) is 47.4 Å². The number of ether oxygens (including phenoxy) is 1. The Morgan fingerprint density at radius 2 is 2.04 bits per heavy atom. The molecule has 0 bridgehead atoms. The first kappa shape index (κ1) is 17.9. The van der Waals surface area contributed by atoms with Gasteiger partial charge in [-0.15, -0.1) is 0 Å². The summed E-state index contributed by atoms with van der Waals surface area (Å²) in [6, 6.07) is 11.0. The molecule has 27 heavy (non-hydrogen) atoms. The Balaban J connectivity index is 1.54. The van der Waals surface area contributed by atoms with E-state index in [1.807, 2.05) is 12.1 Å². The van der Waals surface area contributed by atoms with Crippen LogP contribution in [-0.2, 0) is 19.5 Å². The Hall–Kier alpha value is -2.48. The second-order valence-corrected chi connectivity index (χ2v) is 7.19. The Kier molecular flexibility index (Phi) is 5.07. The molecule has 0 aliphatic carbocycles. The number of halogens is 1. The summed E-state index contributed by atoms with van der Waals surface area (Å²) in [5.74, 6) is 1.22. The maximum Gasteiger partial charge on any atom is 0.256 e. The smallest absolute Gasteiger partial charge is 0.256 e. The van der Waals surface area contributed by atoms with E-state index >= 15 is 0 Å². The van der Waals surface area contributed by atoms with Gasteiger partial charge in [-0.1, -0.05) is 17.7 Å². The Bertz CT molecular complexity index is 1080. The van der Waals surface area contributed by atoms with Crippen molar-refractivity contribution in [2.24, 2.45) is 0 Å². The molecule has 3 heterocycles. The zero-order valence-corrected chi connectivity index (χ0v) is 15.9. The first-order chi connectivity index (χ1) is 13.1. The van der Waals surface area contributed by atoms with Crippen LogP contribution in [0.4, 0.5) is 0 Å². The Labute approximate surface area is 165 Å². The van der Waals surface area contributed by atoms with Gasteiger partial charge in [0.05, 0.1) is 5.56 Å². The number of hydrogen-bond donors (Lipinski definition) is 2. The third-order valence-corrected chi connectivity index (χ3v) is 4.92. The van der Waals surface area contributed by atoms with Crippen LogP contribution in [-0.4, -0.2) is 26.4 Å². The fraction of sp³-hybridized carbons (Fsp3) is 0.211. The molecule has 0 saturated carbocycles. The highest BCUT2D eigenvalue weighted by atomic mass is 35.5. The third-order valence-electron chi connectivity index (χ3n) is 4.46.